The first-order chi connectivity index (χ1) is 10.3. The fourth-order valence-corrected chi connectivity index (χ4v) is 1.92. The van der Waals surface area contributed by atoms with Crippen LogP contribution >= 0.6 is 0 Å². The predicted octanol–water partition coefficient (Wildman–Crippen LogP) is 2.24. The molecule has 0 fully saturated rings. The van der Waals surface area contributed by atoms with Crippen molar-refractivity contribution in [3.8, 4) is 11.5 Å². The van der Waals surface area contributed by atoms with Crippen molar-refractivity contribution in [1.82, 2.24) is 5.32 Å². The van der Waals surface area contributed by atoms with Crippen molar-refractivity contribution in [1.29, 1.82) is 0 Å². The fourth-order valence-electron chi connectivity index (χ4n) is 1.92. The lowest BCUT2D eigenvalue weighted by atomic mass is 10.2. The van der Waals surface area contributed by atoms with Crippen LogP contribution in [0.3, 0.4) is 0 Å². The second-order valence-corrected chi connectivity index (χ2v) is 4.67. The molecule has 1 aromatic rings. The van der Waals surface area contributed by atoms with Crippen LogP contribution in [-0.4, -0.2) is 47.7 Å². The number of ether oxygens (including phenoxy) is 4. The van der Waals surface area contributed by atoms with E-state index in [1.165, 1.54) is 0 Å². The van der Waals surface area contributed by atoms with Gasteiger partial charge in [-0.05, 0) is 25.5 Å². The summed E-state index contributed by atoms with van der Waals surface area (Å²) in [5, 5.41) is 3.41. The number of hydrogen-bond donors (Lipinski definition) is 1. The molecular formula is C16H27NO4. The monoisotopic (exact) mass is 297 g/mol. The molecule has 0 amide bonds. The molecule has 0 saturated carbocycles. The van der Waals surface area contributed by atoms with E-state index in [2.05, 4.69) is 5.32 Å². The van der Waals surface area contributed by atoms with Crippen molar-refractivity contribution in [2.45, 2.75) is 19.4 Å². The molecule has 0 aromatic heterocycles. The lowest BCUT2D eigenvalue weighted by Crippen LogP contribution is -2.16. The Balaban J connectivity index is 2.15. The van der Waals surface area contributed by atoms with Crippen LogP contribution in [-0.2, 0) is 16.0 Å². The predicted molar refractivity (Wildman–Crippen MR) is 83.2 cm³/mol. The normalized spacial score (nSPS) is 10.6. The van der Waals surface area contributed by atoms with E-state index in [1.807, 2.05) is 18.2 Å². The van der Waals surface area contributed by atoms with Crippen LogP contribution in [0.25, 0.3) is 0 Å². The van der Waals surface area contributed by atoms with E-state index in [0.29, 0.717) is 13.2 Å². The van der Waals surface area contributed by atoms with E-state index in [0.717, 1.165) is 49.6 Å². The van der Waals surface area contributed by atoms with E-state index < -0.39 is 0 Å². The van der Waals surface area contributed by atoms with Crippen LogP contribution in [0.2, 0.25) is 0 Å². The SMILES string of the molecule is COCCOCCCCNCc1ccc(OC)cc1OC. The van der Waals surface area contributed by atoms with Gasteiger partial charge in [-0.3, -0.25) is 0 Å². The number of rotatable bonds is 12. The van der Waals surface area contributed by atoms with Gasteiger partial charge in [0.1, 0.15) is 11.5 Å². The van der Waals surface area contributed by atoms with E-state index in [-0.39, 0.29) is 0 Å². The van der Waals surface area contributed by atoms with Gasteiger partial charge >= 0.3 is 0 Å². The second kappa shape index (κ2) is 11.4. The smallest absolute Gasteiger partial charge is 0.127 e. The molecule has 0 bridgehead atoms. The highest BCUT2D eigenvalue weighted by Gasteiger charge is 2.04. The summed E-state index contributed by atoms with van der Waals surface area (Å²) < 4.78 is 20.9. The molecule has 0 radical (unpaired) electrons. The number of hydrogen-bond acceptors (Lipinski definition) is 5. The summed E-state index contributed by atoms with van der Waals surface area (Å²) in [6.07, 6.45) is 2.14. The van der Waals surface area contributed by atoms with Gasteiger partial charge in [0.15, 0.2) is 0 Å². The molecule has 1 aromatic carbocycles. The molecule has 5 heteroatoms. The Kier molecular flexibility index (Phi) is 9.61. The van der Waals surface area contributed by atoms with Crippen molar-refractivity contribution >= 4 is 0 Å². The average Bonchev–Trinajstić information content (AvgIpc) is 2.53. The Labute approximate surface area is 127 Å². The van der Waals surface area contributed by atoms with E-state index in [9.17, 15) is 0 Å². The highest BCUT2D eigenvalue weighted by atomic mass is 16.5. The van der Waals surface area contributed by atoms with Gasteiger partial charge in [-0.1, -0.05) is 6.07 Å². The molecular weight excluding hydrogens is 270 g/mol. The largest absolute Gasteiger partial charge is 0.497 e. The van der Waals surface area contributed by atoms with Gasteiger partial charge in [0.05, 0.1) is 27.4 Å². The Hall–Kier alpha value is -1.30. The molecule has 0 unspecified atom stereocenters. The van der Waals surface area contributed by atoms with Crippen LogP contribution < -0.4 is 14.8 Å². The summed E-state index contributed by atoms with van der Waals surface area (Å²) in [5.41, 5.74) is 1.13. The highest BCUT2D eigenvalue weighted by molar-refractivity contribution is 5.40. The minimum Gasteiger partial charge on any atom is -0.497 e. The molecule has 21 heavy (non-hydrogen) atoms. The molecule has 5 nitrogen and oxygen atoms in total. The average molecular weight is 297 g/mol. The standard InChI is InChI=1S/C16H27NO4/c1-18-10-11-21-9-5-4-8-17-13-14-6-7-15(19-2)12-16(14)20-3/h6-7,12,17H,4-5,8-11,13H2,1-3H3. The van der Waals surface area contributed by atoms with Crippen molar-refractivity contribution < 1.29 is 18.9 Å². The first kappa shape index (κ1) is 17.8. The Morgan fingerprint density at radius 1 is 0.952 bits per heavy atom. The van der Waals surface area contributed by atoms with Crippen molar-refractivity contribution in [2.24, 2.45) is 0 Å². The first-order valence-electron chi connectivity index (χ1n) is 7.30. The summed E-state index contributed by atoms with van der Waals surface area (Å²) in [6.45, 7) is 3.87. The molecule has 120 valence electrons. The Morgan fingerprint density at radius 3 is 2.52 bits per heavy atom. The van der Waals surface area contributed by atoms with E-state index in [4.69, 9.17) is 18.9 Å². The highest BCUT2D eigenvalue weighted by Crippen LogP contribution is 2.24. The van der Waals surface area contributed by atoms with Gasteiger partial charge in [-0.2, -0.15) is 0 Å². The van der Waals surface area contributed by atoms with Crippen LogP contribution in [0.5, 0.6) is 11.5 Å². The van der Waals surface area contributed by atoms with Crippen LogP contribution in [0.4, 0.5) is 0 Å². The van der Waals surface area contributed by atoms with Gasteiger partial charge in [0.2, 0.25) is 0 Å². The molecule has 0 spiro atoms. The van der Waals surface area contributed by atoms with Gasteiger partial charge in [-0.15, -0.1) is 0 Å². The molecule has 0 saturated heterocycles. The number of nitrogens with one attached hydrogen (secondary N) is 1. The topological polar surface area (TPSA) is 49.0 Å². The number of methoxy groups -OCH3 is 3. The Morgan fingerprint density at radius 2 is 1.81 bits per heavy atom. The number of unbranched alkanes of at least 4 members (excludes halogenated alkanes) is 1. The maximum atomic E-state index is 5.41. The third-order valence-corrected chi connectivity index (χ3v) is 3.13. The zero-order valence-electron chi connectivity index (χ0n) is 13.3. The lowest BCUT2D eigenvalue weighted by molar-refractivity contribution is 0.0688. The summed E-state index contributed by atoms with van der Waals surface area (Å²) in [4.78, 5) is 0. The lowest BCUT2D eigenvalue weighted by Gasteiger charge is -2.11. The van der Waals surface area contributed by atoms with E-state index >= 15 is 0 Å². The quantitative estimate of drug-likeness (QED) is 0.600. The Bertz CT molecular complexity index is 385. The zero-order valence-corrected chi connectivity index (χ0v) is 13.3. The third-order valence-electron chi connectivity index (χ3n) is 3.13. The van der Waals surface area contributed by atoms with Gasteiger partial charge in [-0.25, -0.2) is 0 Å². The molecule has 1 N–H and O–H groups in total. The summed E-state index contributed by atoms with van der Waals surface area (Å²) in [5.74, 6) is 1.66. The maximum Gasteiger partial charge on any atom is 0.127 e. The van der Waals surface area contributed by atoms with Crippen molar-refractivity contribution in [3.05, 3.63) is 23.8 Å². The van der Waals surface area contributed by atoms with Crippen molar-refractivity contribution in [3.63, 3.8) is 0 Å². The third kappa shape index (κ3) is 7.32. The summed E-state index contributed by atoms with van der Waals surface area (Å²) >= 11 is 0. The van der Waals surface area contributed by atoms with Gasteiger partial charge in [0, 0.05) is 31.9 Å². The van der Waals surface area contributed by atoms with E-state index in [1.54, 1.807) is 21.3 Å². The maximum absolute atomic E-state index is 5.41. The second-order valence-electron chi connectivity index (χ2n) is 4.67. The molecule has 0 atom stereocenters. The van der Waals surface area contributed by atoms with Crippen LogP contribution in [0.1, 0.15) is 18.4 Å². The minimum absolute atomic E-state index is 0.662. The van der Waals surface area contributed by atoms with Crippen molar-refractivity contribution in [2.75, 3.05) is 47.7 Å². The molecule has 0 aliphatic rings. The number of benzene rings is 1. The van der Waals surface area contributed by atoms with Crippen LogP contribution in [0.15, 0.2) is 18.2 Å². The molecule has 1 rings (SSSR count). The first-order valence-corrected chi connectivity index (χ1v) is 7.30. The summed E-state index contributed by atoms with van der Waals surface area (Å²) in [7, 11) is 5.01. The minimum atomic E-state index is 0.662. The molecule has 0 aliphatic carbocycles. The van der Waals surface area contributed by atoms with Gasteiger partial charge < -0.3 is 24.3 Å². The fraction of sp³-hybridized carbons (Fsp3) is 0.625. The summed E-state index contributed by atoms with van der Waals surface area (Å²) in [6, 6.07) is 5.88. The van der Waals surface area contributed by atoms with Crippen LogP contribution in [0, 0.1) is 0 Å². The molecule has 0 aliphatic heterocycles. The zero-order chi connectivity index (χ0) is 15.3. The van der Waals surface area contributed by atoms with Gasteiger partial charge in [0.25, 0.3) is 0 Å². The molecule has 0 heterocycles.